The van der Waals surface area contributed by atoms with E-state index in [1.807, 2.05) is 18.2 Å². The Labute approximate surface area is 171 Å². The van der Waals surface area contributed by atoms with Crippen LogP contribution in [0.3, 0.4) is 0 Å². The van der Waals surface area contributed by atoms with Crippen LogP contribution in [-0.2, 0) is 14.3 Å². The van der Waals surface area contributed by atoms with Crippen LogP contribution in [0.1, 0.15) is 23.2 Å². The summed E-state index contributed by atoms with van der Waals surface area (Å²) in [4.78, 5) is 24.0. The number of amides is 1. The van der Waals surface area contributed by atoms with Crippen LogP contribution >= 0.6 is 22.6 Å². The summed E-state index contributed by atoms with van der Waals surface area (Å²) < 4.78 is 17.2. The molecule has 2 aromatic carbocycles. The third-order valence-corrected chi connectivity index (χ3v) is 4.66. The number of rotatable bonds is 7. The number of esters is 1. The number of nitrogens with one attached hydrogen (secondary N) is 1. The monoisotopic (exact) mass is 481 g/mol. The zero-order valence-electron chi connectivity index (χ0n) is 14.7. The lowest BCUT2D eigenvalue weighted by Crippen LogP contribution is -2.21. The van der Waals surface area contributed by atoms with Gasteiger partial charge >= 0.3 is 5.97 Å². The van der Waals surface area contributed by atoms with Gasteiger partial charge in [0.2, 0.25) is 0 Å². The molecule has 6 nitrogen and oxygen atoms in total. The average Bonchev–Trinajstić information content (AvgIpc) is 3.18. The van der Waals surface area contributed by atoms with Crippen molar-refractivity contribution in [1.29, 1.82) is 0 Å². The molecule has 1 saturated heterocycles. The van der Waals surface area contributed by atoms with Gasteiger partial charge in [-0.25, -0.2) is 4.79 Å². The van der Waals surface area contributed by atoms with Crippen LogP contribution < -0.4 is 10.1 Å². The second-order valence-corrected chi connectivity index (χ2v) is 7.35. The number of carbonyl (C=O) groups is 2. The molecule has 0 spiro atoms. The van der Waals surface area contributed by atoms with E-state index in [0.29, 0.717) is 23.6 Å². The van der Waals surface area contributed by atoms with Crippen molar-refractivity contribution in [1.82, 2.24) is 0 Å². The fourth-order valence-electron chi connectivity index (χ4n) is 2.63. The van der Waals surface area contributed by atoms with Gasteiger partial charge in [-0.05, 0) is 77.9 Å². The quantitative estimate of drug-likeness (QED) is 0.483. The molecule has 142 valence electrons. The Morgan fingerprint density at radius 1 is 1.19 bits per heavy atom. The zero-order chi connectivity index (χ0) is 19.1. The van der Waals surface area contributed by atoms with E-state index in [9.17, 15) is 9.59 Å². The van der Waals surface area contributed by atoms with Gasteiger partial charge in [0.05, 0.1) is 11.7 Å². The molecular formula is C20H20INO5. The minimum Gasteiger partial charge on any atom is -0.491 e. The molecular weight excluding hydrogens is 461 g/mol. The van der Waals surface area contributed by atoms with E-state index in [1.165, 1.54) is 0 Å². The van der Waals surface area contributed by atoms with Gasteiger partial charge in [0.15, 0.2) is 6.61 Å². The number of hydrogen-bond acceptors (Lipinski definition) is 5. The molecule has 1 aliphatic heterocycles. The molecule has 2 aromatic rings. The van der Waals surface area contributed by atoms with Gasteiger partial charge in [-0.2, -0.15) is 0 Å². The lowest BCUT2D eigenvalue weighted by Gasteiger charge is -2.11. The van der Waals surface area contributed by atoms with Crippen molar-refractivity contribution in [2.45, 2.75) is 18.9 Å². The minimum atomic E-state index is -0.557. The normalized spacial score (nSPS) is 16.0. The first-order valence-electron chi connectivity index (χ1n) is 8.67. The predicted octanol–water partition coefficient (Wildman–Crippen LogP) is 3.64. The molecule has 1 aliphatic rings. The van der Waals surface area contributed by atoms with Crippen molar-refractivity contribution in [3.05, 3.63) is 57.7 Å². The van der Waals surface area contributed by atoms with Gasteiger partial charge in [-0.1, -0.05) is 6.07 Å². The molecule has 0 radical (unpaired) electrons. The molecule has 0 aliphatic carbocycles. The van der Waals surface area contributed by atoms with Crippen molar-refractivity contribution < 1.29 is 23.8 Å². The smallest absolute Gasteiger partial charge is 0.338 e. The van der Waals surface area contributed by atoms with E-state index >= 15 is 0 Å². The van der Waals surface area contributed by atoms with Crippen LogP contribution in [0.4, 0.5) is 5.69 Å². The van der Waals surface area contributed by atoms with Gasteiger partial charge in [-0.3, -0.25) is 4.79 Å². The van der Waals surface area contributed by atoms with Crippen molar-refractivity contribution in [2.75, 3.05) is 25.1 Å². The maximum absolute atomic E-state index is 12.1. The van der Waals surface area contributed by atoms with E-state index in [4.69, 9.17) is 14.2 Å². The van der Waals surface area contributed by atoms with Crippen LogP contribution in [0, 0.1) is 3.57 Å². The van der Waals surface area contributed by atoms with Gasteiger partial charge in [0, 0.05) is 15.9 Å². The van der Waals surface area contributed by atoms with Crippen LogP contribution in [0.25, 0.3) is 0 Å². The molecule has 7 heteroatoms. The van der Waals surface area contributed by atoms with E-state index < -0.39 is 5.97 Å². The van der Waals surface area contributed by atoms with Gasteiger partial charge in [0.1, 0.15) is 12.4 Å². The maximum Gasteiger partial charge on any atom is 0.338 e. The Morgan fingerprint density at radius 2 is 2.00 bits per heavy atom. The Kier molecular flexibility index (Phi) is 7.05. The fourth-order valence-corrected chi connectivity index (χ4v) is 3.17. The Morgan fingerprint density at radius 3 is 2.70 bits per heavy atom. The molecule has 0 saturated carbocycles. The van der Waals surface area contributed by atoms with E-state index in [1.54, 1.807) is 30.3 Å². The number of ether oxygens (including phenoxy) is 3. The standard InChI is InChI=1S/C20H20INO5/c21-15-3-1-4-16(11-15)22-19(23)13-27-20(24)14-6-8-17(9-7-14)26-12-18-5-2-10-25-18/h1,3-4,6-9,11,18H,2,5,10,12-13H2,(H,22,23). The number of benzene rings is 2. The summed E-state index contributed by atoms with van der Waals surface area (Å²) in [6.45, 7) is 0.944. The van der Waals surface area contributed by atoms with E-state index in [2.05, 4.69) is 27.9 Å². The topological polar surface area (TPSA) is 73.9 Å². The molecule has 0 bridgehead atoms. The van der Waals surface area contributed by atoms with Crippen molar-refractivity contribution in [3.8, 4) is 5.75 Å². The lowest BCUT2D eigenvalue weighted by molar-refractivity contribution is -0.119. The highest BCUT2D eigenvalue weighted by molar-refractivity contribution is 14.1. The molecule has 1 amide bonds. The van der Waals surface area contributed by atoms with Crippen molar-refractivity contribution in [3.63, 3.8) is 0 Å². The lowest BCUT2D eigenvalue weighted by atomic mass is 10.2. The Bertz CT molecular complexity index is 787. The molecule has 1 N–H and O–H groups in total. The summed E-state index contributed by atoms with van der Waals surface area (Å²) in [7, 11) is 0. The van der Waals surface area contributed by atoms with Crippen LogP contribution in [0.15, 0.2) is 48.5 Å². The molecule has 1 unspecified atom stereocenters. The number of carbonyl (C=O) groups excluding carboxylic acids is 2. The number of anilines is 1. The van der Waals surface area contributed by atoms with Crippen molar-refractivity contribution >= 4 is 40.2 Å². The van der Waals surface area contributed by atoms with E-state index in [-0.39, 0.29) is 18.6 Å². The number of hydrogen-bond donors (Lipinski definition) is 1. The van der Waals surface area contributed by atoms with Crippen molar-refractivity contribution in [2.24, 2.45) is 0 Å². The van der Waals surface area contributed by atoms with Crippen LogP contribution in [0.2, 0.25) is 0 Å². The van der Waals surface area contributed by atoms with Crippen LogP contribution in [-0.4, -0.2) is 37.8 Å². The summed E-state index contributed by atoms with van der Waals surface area (Å²) in [5.74, 6) is -0.279. The van der Waals surface area contributed by atoms with Gasteiger partial charge in [-0.15, -0.1) is 0 Å². The third-order valence-electron chi connectivity index (χ3n) is 3.99. The highest BCUT2D eigenvalue weighted by Crippen LogP contribution is 2.17. The first kappa shape index (κ1) is 19.6. The first-order chi connectivity index (χ1) is 13.1. The summed E-state index contributed by atoms with van der Waals surface area (Å²) >= 11 is 2.16. The third kappa shape index (κ3) is 6.21. The Hall–Kier alpha value is -2.13. The zero-order valence-corrected chi connectivity index (χ0v) is 16.8. The highest BCUT2D eigenvalue weighted by atomic mass is 127. The molecule has 1 fully saturated rings. The minimum absolute atomic E-state index is 0.140. The summed E-state index contributed by atoms with van der Waals surface area (Å²) in [6, 6.07) is 14.0. The second kappa shape index (κ2) is 9.70. The average molecular weight is 481 g/mol. The molecule has 27 heavy (non-hydrogen) atoms. The van der Waals surface area contributed by atoms with Gasteiger partial charge < -0.3 is 19.5 Å². The predicted molar refractivity (Wildman–Crippen MR) is 109 cm³/mol. The van der Waals surface area contributed by atoms with Gasteiger partial charge in [0.25, 0.3) is 5.91 Å². The summed E-state index contributed by atoms with van der Waals surface area (Å²) in [5.41, 5.74) is 1.03. The highest BCUT2D eigenvalue weighted by Gasteiger charge is 2.16. The molecule has 3 rings (SSSR count). The van der Waals surface area contributed by atoms with E-state index in [0.717, 1.165) is 23.0 Å². The second-order valence-electron chi connectivity index (χ2n) is 6.11. The maximum atomic E-state index is 12.1. The fraction of sp³-hybridized carbons (Fsp3) is 0.300. The Balaban J connectivity index is 1.43. The summed E-state index contributed by atoms with van der Waals surface area (Å²) in [6.07, 6.45) is 2.21. The largest absolute Gasteiger partial charge is 0.491 e. The number of halogens is 1. The summed E-state index contributed by atoms with van der Waals surface area (Å²) in [5, 5.41) is 2.69. The SMILES string of the molecule is O=C(COC(=O)c1ccc(OCC2CCCO2)cc1)Nc1cccc(I)c1. The first-order valence-corrected chi connectivity index (χ1v) is 9.75. The molecule has 0 aromatic heterocycles. The molecule has 1 atom stereocenters. The van der Waals surface area contributed by atoms with Crippen LogP contribution in [0.5, 0.6) is 5.75 Å². The molecule has 1 heterocycles.